The predicted molar refractivity (Wildman–Crippen MR) is 127 cm³/mol. The zero-order valence-corrected chi connectivity index (χ0v) is 17.7. The van der Waals surface area contributed by atoms with Crippen LogP contribution in [-0.2, 0) is 0 Å². The first-order valence-corrected chi connectivity index (χ1v) is 11.5. The van der Waals surface area contributed by atoms with Crippen molar-refractivity contribution in [3.8, 4) is 0 Å². The molecular weight excluding hydrogens is 412 g/mol. The fourth-order valence-electron chi connectivity index (χ4n) is 3.65. The fraction of sp³-hybridized carbons (Fsp3) is 0.182. The van der Waals surface area contributed by atoms with Gasteiger partial charge >= 0.3 is 0 Å². The van der Waals surface area contributed by atoms with Crippen molar-refractivity contribution in [3.05, 3.63) is 57.5 Å². The second-order valence-corrected chi connectivity index (χ2v) is 9.24. The molecule has 0 spiro atoms. The van der Waals surface area contributed by atoms with E-state index in [1.165, 1.54) is 9.40 Å². The minimum absolute atomic E-state index is 0.846. The van der Waals surface area contributed by atoms with E-state index in [1.54, 1.807) is 22.7 Å². The number of hydrogen-bond donors (Lipinski definition) is 2. The van der Waals surface area contributed by atoms with Gasteiger partial charge in [-0.2, -0.15) is 0 Å². The molecule has 0 saturated heterocycles. The molecular formula is C22H18N6S2. The number of benzene rings is 2. The molecule has 0 atom stereocenters. The number of hydrogen-bond acceptors (Lipinski definition) is 8. The number of rotatable bonds is 4. The molecule has 2 N–H and O–H groups in total. The van der Waals surface area contributed by atoms with Gasteiger partial charge in [0.15, 0.2) is 0 Å². The topological polar surface area (TPSA) is 74.6 Å². The van der Waals surface area contributed by atoms with Gasteiger partial charge in [-0.05, 0) is 48.6 Å². The predicted octanol–water partition coefficient (Wildman–Crippen LogP) is 3.78. The molecule has 2 aliphatic rings. The Hall–Kier alpha value is -3.10. The number of fused-ring (bicyclic) bond motifs is 2. The Bertz CT molecular complexity index is 1260. The van der Waals surface area contributed by atoms with Gasteiger partial charge in [0.2, 0.25) is 0 Å². The van der Waals surface area contributed by atoms with Crippen LogP contribution in [0.15, 0.2) is 46.4 Å². The Morgan fingerprint density at radius 1 is 0.700 bits per heavy atom. The molecule has 0 saturated carbocycles. The lowest BCUT2D eigenvalue weighted by Gasteiger charge is -2.01. The molecule has 4 aromatic rings. The van der Waals surface area contributed by atoms with Gasteiger partial charge in [0, 0.05) is 24.2 Å². The van der Waals surface area contributed by atoms with E-state index in [4.69, 9.17) is 9.97 Å². The quantitative estimate of drug-likeness (QED) is 0.517. The third-order valence-electron chi connectivity index (χ3n) is 5.07. The summed E-state index contributed by atoms with van der Waals surface area (Å²) in [5.41, 5.74) is 4.28. The number of nitrogens with zero attached hydrogens (tertiary/aromatic N) is 4. The van der Waals surface area contributed by atoms with Gasteiger partial charge in [0.05, 0.1) is 33.5 Å². The van der Waals surface area contributed by atoms with Crippen molar-refractivity contribution in [2.24, 2.45) is 9.98 Å². The van der Waals surface area contributed by atoms with Crippen molar-refractivity contribution in [1.82, 2.24) is 20.6 Å². The minimum atomic E-state index is 0.846. The van der Waals surface area contributed by atoms with Gasteiger partial charge in [-0.25, -0.2) is 9.97 Å². The lowest BCUT2D eigenvalue weighted by molar-refractivity contribution is 0.960. The van der Waals surface area contributed by atoms with Crippen LogP contribution in [0.1, 0.15) is 21.1 Å². The Kier molecular flexibility index (Phi) is 4.32. The fourth-order valence-corrected chi connectivity index (χ4v) is 5.47. The molecule has 0 amide bonds. The summed E-state index contributed by atoms with van der Waals surface area (Å²) in [5.74, 6) is 1.96. The third-order valence-corrected chi connectivity index (χ3v) is 7.04. The Morgan fingerprint density at radius 2 is 1.20 bits per heavy atom. The summed E-state index contributed by atoms with van der Waals surface area (Å²) in [4.78, 5) is 18.5. The van der Waals surface area contributed by atoms with Gasteiger partial charge in [-0.3, -0.25) is 9.98 Å². The summed E-state index contributed by atoms with van der Waals surface area (Å²) in [5, 5.41) is 8.61. The maximum absolute atomic E-state index is 4.74. The van der Waals surface area contributed by atoms with Crippen LogP contribution in [-0.4, -0.2) is 47.8 Å². The maximum Gasteiger partial charge on any atom is 0.128 e. The molecule has 4 heterocycles. The summed E-state index contributed by atoms with van der Waals surface area (Å²) in [6, 6.07) is 12.6. The molecule has 0 bridgehead atoms. The first-order chi connectivity index (χ1) is 14.8. The summed E-state index contributed by atoms with van der Waals surface area (Å²) in [7, 11) is 0. The van der Waals surface area contributed by atoms with Crippen molar-refractivity contribution in [1.29, 1.82) is 0 Å². The van der Waals surface area contributed by atoms with Crippen LogP contribution in [0.25, 0.3) is 32.6 Å². The largest absolute Gasteiger partial charge is 0.368 e. The smallest absolute Gasteiger partial charge is 0.128 e. The number of nitrogens with one attached hydrogen (secondary N) is 2. The van der Waals surface area contributed by atoms with Crippen LogP contribution in [0.4, 0.5) is 0 Å². The highest BCUT2D eigenvalue weighted by Gasteiger charge is 2.12. The summed E-state index contributed by atoms with van der Waals surface area (Å²) < 4.78 is 2.34. The van der Waals surface area contributed by atoms with E-state index in [0.29, 0.717) is 0 Å². The van der Waals surface area contributed by atoms with Gasteiger partial charge in [-0.15, -0.1) is 22.7 Å². The molecule has 2 aromatic carbocycles. The molecule has 6 nitrogen and oxygen atoms in total. The Balaban J connectivity index is 1.27. The first kappa shape index (κ1) is 17.7. The van der Waals surface area contributed by atoms with Crippen molar-refractivity contribution in [3.63, 3.8) is 0 Å². The van der Waals surface area contributed by atoms with Crippen molar-refractivity contribution in [2.75, 3.05) is 26.2 Å². The van der Waals surface area contributed by atoms with E-state index in [0.717, 1.165) is 70.0 Å². The number of thiazole rings is 2. The maximum atomic E-state index is 4.74. The third kappa shape index (κ3) is 3.28. The lowest BCUT2D eigenvalue weighted by Crippen LogP contribution is -2.19. The summed E-state index contributed by atoms with van der Waals surface area (Å²) in [6.45, 7) is 3.52. The average Bonchev–Trinajstić information content (AvgIpc) is 3.56. The van der Waals surface area contributed by atoms with Crippen molar-refractivity contribution in [2.45, 2.75) is 0 Å². The highest BCUT2D eigenvalue weighted by Crippen LogP contribution is 2.28. The minimum Gasteiger partial charge on any atom is -0.368 e. The SMILES string of the molecule is C(=C\c1nc2ccc(C3=NCCN3)cc2s1)/c1nc2ccc(C3=NCCN3)cc2s1. The van der Waals surface area contributed by atoms with E-state index in [-0.39, 0.29) is 0 Å². The van der Waals surface area contributed by atoms with E-state index < -0.39 is 0 Å². The Morgan fingerprint density at radius 3 is 1.63 bits per heavy atom. The first-order valence-electron chi connectivity index (χ1n) is 9.88. The zero-order valence-electron chi connectivity index (χ0n) is 16.1. The molecule has 2 aromatic heterocycles. The number of amidine groups is 2. The second kappa shape index (κ2) is 7.30. The van der Waals surface area contributed by atoms with Gasteiger partial charge in [-0.1, -0.05) is 0 Å². The van der Waals surface area contributed by atoms with Gasteiger partial charge < -0.3 is 10.6 Å². The zero-order chi connectivity index (χ0) is 19.9. The van der Waals surface area contributed by atoms with Crippen molar-refractivity contribution >= 4 is 66.9 Å². The number of aromatic nitrogens is 2. The summed E-state index contributed by atoms with van der Waals surface area (Å²) in [6.07, 6.45) is 4.10. The molecule has 6 rings (SSSR count). The van der Waals surface area contributed by atoms with Crippen LogP contribution in [0, 0.1) is 0 Å². The highest BCUT2D eigenvalue weighted by atomic mass is 32.1. The average molecular weight is 431 g/mol. The number of aliphatic imine (C=N–C) groups is 2. The van der Waals surface area contributed by atoms with E-state index in [1.807, 2.05) is 0 Å². The van der Waals surface area contributed by atoms with Gasteiger partial charge in [0.1, 0.15) is 21.7 Å². The normalized spacial score (nSPS) is 16.3. The molecule has 0 aliphatic carbocycles. The molecule has 0 unspecified atom stereocenters. The van der Waals surface area contributed by atoms with Crippen LogP contribution < -0.4 is 10.6 Å². The molecule has 8 heteroatoms. The second-order valence-electron chi connectivity index (χ2n) is 7.12. The van der Waals surface area contributed by atoms with Crippen LogP contribution in [0.2, 0.25) is 0 Å². The lowest BCUT2D eigenvalue weighted by atomic mass is 10.2. The molecule has 0 fully saturated rings. The van der Waals surface area contributed by atoms with Gasteiger partial charge in [0.25, 0.3) is 0 Å². The molecule has 30 heavy (non-hydrogen) atoms. The van der Waals surface area contributed by atoms with Crippen LogP contribution >= 0.6 is 22.7 Å². The monoisotopic (exact) mass is 430 g/mol. The van der Waals surface area contributed by atoms with Crippen LogP contribution in [0.5, 0.6) is 0 Å². The standard InChI is InChI=1S/C22H18N6S2/c1-3-15-17(11-13(1)21-23-7-8-24-21)29-19(27-15)5-6-20-28-16-4-2-14(12-18(16)30-20)22-25-9-10-26-22/h1-6,11-12H,7-10H2,(H,23,24)(H,25,26)/b6-5+. The van der Waals surface area contributed by atoms with E-state index in [2.05, 4.69) is 69.2 Å². The highest BCUT2D eigenvalue weighted by molar-refractivity contribution is 7.20. The van der Waals surface area contributed by atoms with E-state index >= 15 is 0 Å². The molecule has 2 aliphatic heterocycles. The van der Waals surface area contributed by atoms with E-state index in [9.17, 15) is 0 Å². The van der Waals surface area contributed by atoms with Crippen LogP contribution in [0.3, 0.4) is 0 Å². The summed E-state index contributed by atoms with van der Waals surface area (Å²) >= 11 is 3.38. The molecule has 0 radical (unpaired) electrons. The Labute approximate surface area is 181 Å². The van der Waals surface area contributed by atoms with Crippen molar-refractivity contribution < 1.29 is 0 Å². The molecule has 148 valence electrons.